The first kappa shape index (κ1) is 20.4. The smallest absolute Gasteiger partial charge is 0.232 e. The summed E-state index contributed by atoms with van der Waals surface area (Å²) in [5.74, 6) is -0.401. The molecule has 144 valence electrons. The first-order valence-corrected chi connectivity index (χ1v) is 10.2. The Bertz CT molecular complexity index is 896. The van der Waals surface area contributed by atoms with E-state index in [1.165, 1.54) is 16.1 Å². The molecule has 0 radical (unpaired) electrons. The topological polar surface area (TPSA) is 86.8 Å². The van der Waals surface area contributed by atoms with Crippen LogP contribution in [0.25, 0.3) is 0 Å². The number of hydrogen-bond donors (Lipinski definition) is 1. The number of rotatable bonds is 7. The fraction of sp³-hybridized carbons (Fsp3) is 0.263. The molecule has 2 rings (SSSR count). The molecule has 0 aliphatic rings. The summed E-state index contributed by atoms with van der Waals surface area (Å²) in [6.07, 6.45) is 1.13. The van der Waals surface area contributed by atoms with E-state index in [-0.39, 0.29) is 24.8 Å². The number of sulfonamides is 1. The van der Waals surface area contributed by atoms with E-state index in [0.717, 1.165) is 11.9 Å². The summed E-state index contributed by atoms with van der Waals surface area (Å²) >= 11 is 0. The van der Waals surface area contributed by atoms with E-state index in [1.54, 1.807) is 31.3 Å². The Balaban J connectivity index is 2.11. The van der Waals surface area contributed by atoms with Gasteiger partial charge in [0.1, 0.15) is 0 Å². The monoisotopic (exact) mass is 389 g/mol. The third-order valence-electron chi connectivity index (χ3n) is 3.92. The standard InChI is InChI=1S/C19H23N3O4S/c1-15(23)20-16-9-11-18(12-10-16)22(27(3,25)26)14-13-19(24)21(2)17-7-5-4-6-8-17/h4-12H,13-14H2,1-3H3,(H,20,23). The van der Waals surface area contributed by atoms with Crippen LogP contribution in [0.5, 0.6) is 0 Å². The van der Waals surface area contributed by atoms with E-state index >= 15 is 0 Å². The lowest BCUT2D eigenvalue weighted by Crippen LogP contribution is -2.35. The molecule has 2 aromatic rings. The number of anilines is 3. The zero-order chi connectivity index (χ0) is 20.0. The molecule has 0 aliphatic heterocycles. The van der Waals surface area contributed by atoms with Crippen LogP contribution in [0.3, 0.4) is 0 Å². The predicted molar refractivity (Wildman–Crippen MR) is 107 cm³/mol. The average molecular weight is 389 g/mol. The first-order chi connectivity index (χ1) is 12.7. The Hall–Kier alpha value is -2.87. The number of nitrogens with zero attached hydrogens (tertiary/aromatic N) is 2. The van der Waals surface area contributed by atoms with Crippen molar-refractivity contribution >= 4 is 38.9 Å². The molecule has 27 heavy (non-hydrogen) atoms. The molecule has 0 aromatic heterocycles. The number of para-hydroxylation sites is 1. The van der Waals surface area contributed by atoms with Crippen LogP contribution in [0.2, 0.25) is 0 Å². The molecule has 0 heterocycles. The van der Waals surface area contributed by atoms with Crippen molar-refractivity contribution in [3.8, 4) is 0 Å². The minimum absolute atomic E-state index is 0.0221. The molecule has 8 heteroatoms. The van der Waals surface area contributed by atoms with Gasteiger partial charge in [-0.15, -0.1) is 0 Å². The minimum atomic E-state index is -3.56. The molecule has 0 saturated carbocycles. The zero-order valence-electron chi connectivity index (χ0n) is 15.5. The van der Waals surface area contributed by atoms with Crippen molar-refractivity contribution in [3.63, 3.8) is 0 Å². The lowest BCUT2D eigenvalue weighted by molar-refractivity contribution is -0.118. The van der Waals surface area contributed by atoms with Crippen LogP contribution in [0.1, 0.15) is 13.3 Å². The van der Waals surface area contributed by atoms with Gasteiger partial charge in [-0.2, -0.15) is 0 Å². The summed E-state index contributed by atoms with van der Waals surface area (Å²) in [7, 11) is -1.91. The zero-order valence-corrected chi connectivity index (χ0v) is 16.4. The van der Waals surface area contributed by atoms with Crippen molar-refractivity contribution in [2.24, 2.45) is 0 Å². The van der Waals surface area contributed by atoms with Gasteiger partial charge in [-0.3, -0.25) is 13.9 Å². The Morgan fingerprint density at radius 2 is 1.56 bits per heavy atom. The maximum absolute atomic E-state index is 12.4. The van der Waals surface area contributed by atoms with Crippen LogP contribution < -0.4 is 14.5 Å². The maximum Gasteiger partial charge on any atom is 0.232 e. The SMILES string of the molecule is CC(=O)Nc1ccc(N(CCC(=O)N(C)c2ccccc2)S(C)(=O)=O)cc1. The molecule has 0 bridgehead atoms. The van der Waals surface area contributed by atoms with Gasteiger partial charge in [0.2, 0.25) is 21.8 Å². The van der Waals surface area contributed by atoms with Crippen molar-refractivity contribution in [2.75, 3.05) is 34.4 Å². The summed E-state index contributed by atoms with van der Waals surface area (Å²) < 4.78 is 25.5. The van der Waals surface area contributed by atoms with Crippen molar-refractivity contribution in [2.45, 2.75) is 13.3 Å². The molecule has 0 aliphatic carbocycles. The number of nitrogens with one attached hydrogen (secondary N) is 1. The van der Waals surface area contributed by atoms with Gasteiger partial charge in [0, 0.05) is 38.3 Å². The van der Waals surface area contributed by atoms with E-state index in [1.807, 2.05) is 30.3 Å². The molecule has 0 spiro atoms. The summed E-state index contributed by atoms with van der Waals surface area (Å²) in [4.78, 5) is 25.0. The van der Waals surface area contributed by atoms with Gasteiger partial charge < -0.3 is 10.2 Å². The Morgan fingerprint density at radius 3 is 2.07 bits per heavy atom. The third-order valence-corrected chi connectivity index (χ3v) is 5.12. The van der Waals surface area contributed by atoms with Crippen LogP contribution in [0.15, 0.2) is 54.6 Å². The quantitative estimate of drug-likeness (QED) is 0.788. The third kappa shape index (κ3) is 5.82. The number of carbonyl (C=O) groups is 2. The molecular weight excluding hydrogens is 366 g/mol. The van der Waals surface area contributed by atoms with Crippen molar-refractivity contribution in [3.05, 3.63) is 54.6 Å². The highest BCUT2D eigenvalue weighted by molar-refractivity contribution is 7.92. The van der Waals surface area contributed by atoms with Gasteiger partial charge in [0.05, 0.1) is 11.9 Å². The lowest BCUT2D eigenvalue weighted by atomic mass is 10.2. The van der Waals surface area contributed by atoms with E-state index in [2.05, 4.69) is 5.32 Å². The predicted octanol–water partition coefficient (Wildman–Crippen LogP) is 2.46. The average Bonchev–Trinajstić information content (AvgIpc) is 2.61. The molecule has 0 saturated heterocycles. The Morgan fingerprint density at radius 1 is 0.963 bits per heavy atom. The summed E-state index contributed by atoms with van der Waals surface area (Å²) in [5, 5.41) is 2.63. The maximum atomic E-state index is 12.4. The molecule has 1 N–H and O–H groups in total. The van der Waals surface area contributed by atoms with Crippen molar-refractivity contribution in [1.29, 1.82) is 0 Å². The van der Waals surface area contributed by atoms with Gasteiger partial charge >= 0.3 is 0 Å². The molecule has 2 aromatic carbocycles. The molecular formula is C19H23N3O4S. The van der Waals surface area contributed by atoms with Crippen LogP contribution in [-0.4, -0.2) is 40.1 Å². The van der Waals surface area contributed by atoms with E-state index < -0.39 is 10.0 Å². The second-order valence-electron chi connectivity index (χ2n) is 6.10. The second kappa shape index (κ2) is 8.68. The van der Waals surface area contributed by atoms with Gasteiger partial charge in [-0.05, 0) is 36.4 Å². The molecule has 0 fully saturated rings. The number of amides is 2. The Labute approximate surface area is 159 Å². The molecule has 2 amide bonds. The summed E-state index contributed by atoms with van der Waals surface area (Å²) in [6.45, 7) is 1.42. The molecule has 7 nitrogen and oxygen atoms in total. The highest BCUT2D eigenvalue weighted by atomic mass is 32.2. The van der Waals surface area contributed by atoms with E-state index in [9.17, 15) is 18.0 Å². The Kier molecular flexibility index (Phi) is 6.57. The highest BCUT2D eigenvalue weighted by Gasteiger charge is 2.20. The van der Waals surface area contributed by atoms with E-state index in [4.69, 9.17) is 0 Å². The van der Waals surface area contributed by atoms with E-state index in [0.29, 0.717) is 11.4 Å². The largest absolute Gasteiger partial charge is 0.326 e. The summed E-state index contributed by atoms with van der Waals surface area (Å²) in [5.41, 5.74) is 1.74. The first-order valence-electron chi connectivity index (χ1n) is 8.35. The van der Waals surface area contributed by atoms with Crippen molar-refractivity contribution < 1.29 is 18.0 Å². The van der Waals surface area contributed by atoms with Crippen LogP contribution in [0, 0.1) is 0 Å². The van der Waals surface area contributed by atoms with Gasteiger partial charge in [0.25, 0.3) is 0 Å². The summed E-state index contributed by atoms with van der Waals surface area (Å²) in [6, 6.07) is 15.6. The highest BCUT2D eigenvalue weighted by Crippen LogP contribution is 2.21. The number of carbonyl (C=O) groups excluding carboxylic acids is 2. The normalized spacial score (nSPS) is 10.9. The van der Waals surface area contributed by atoms with Crippen molar-refractivity contribution in [1.82, 2.24) is 0 Å². The minimum Gasteiger partial charge on any atom is -0.326 e. The lowest BCUT2D eigenvalue weighted by Gasteiger charge is -2.24. The van der Waals surface area contributed by atoms with Gasteiger partial charge in [-0.25, -0.2) is 8.42 Å². The second-order valence-corrected chi connectivity index (χ2v) is 8.01. The number of hydrogen-bond acceptors (Lipinski definition) is 4. The van der Waals surface area contributed by atoms with Crippen LogP contribution >= 0.6 is 0 Å². The number of benzene rings is 2. The van der Waals surface area contributed by atoms with Crippen LogP contribution in [0.4, 0.5) is 17.1 Å². The fourth-order valence-corrected chi connectivity index (χ4v) is 3.49. The molecule has 0 unspecified atom stereocenters. The fourth-order valence-electron chi connectivity index (χ4n) is 2.56. The van der Waals surface area contributed by atoms with Crippen LogP contribution in [-0.2, 0) is 19.6 Å². The van der Waals surface area contributed by atoms with Gasteiger partial charge in [0.15, 0.2) is 0 Å². The molecule has 0 atom stereocenters. The van der Waals surface area contributed by atoms with Gasteiger partial charge in [-0.1, -0.05) is 18.2 Å².